The number of anilines is 1. The van der Waals surface area contributed by atoms with Gasteiger partial charge in [0.05, 0.1) is 23.1 Å². The zero-order valence-corrected chi connectivity index (χ0v) is 12.2. The molecule has 4 rings (SSSR count). The van der Waals surface area contributed by atoms with Crippen LogP contribution in [-0.4, -0.2) is 34.2 Å². The molecule has 22 heavy (non-hydrogen) atoms. The van der Waals surface area contributed by atoms with Gasteiger partial charge >= 0.3 is 0 Å². The summed E-state index contributed by atoms with van der Waals surface area (Å²) in [6, 6.07) is 8.91. The van der Waals surface area contributed by atoms with Crippen molar-refractivity contribution in [1.29, 1.82) is 0 Å². The molecule has 0 atom stereocenters. The van der Waals surface area contributed by atoms with Gasteiger partial charge in [0, 0.05) is 37.0 Å². The van der Waals surface area contributed by atoms with Crippen LogP contribution < -0.4 is 5.32 Å². The van der Waals surface area contributed by atoms with Gasteiger partial charge in [-0.15, -0.1) is 0 Å². The Bertz CT molecular complexity index is 763. The summed E-state index contributed by atoms with van der Waals surface area (Å²) >= 11 is 0. The van der Waals surface area contributed by atoms with Gasteiger partial charge < -0.3 is 15.0 Å². The molecule has 0 bridgehead atoms. The minimum Gasteiger partial charge on any atom is -0.381 e. The highest BCUT2D eigenvalue weighted by Gasteiger charge is 2.15. The van der Waals surface area contributed by atoms with Crippen LogP contribution in [0.2, 0.25) is 0 Å². The van der Waals surface area contributed by atoms with E-state index in [1.165, 1.54) is 5.39 Å². The van der Waals surface area contributed by atoms with Crippen LogP contribution in [0.15, 0.2) is 42.9 Å². The molecule has 0 unspecified atom stereocenters. The van der Waals surface area contributed by atoms with Crippen LogP contribution in [0.5, 0.6) is 0 Å². The van der Waals surface area contributed by atoms with E-state index in [-0.39, 0.29) is 0 Å². The molecule has 1 aliphatic rings. The average Bonchev–Trinajstić information content (AvgIpc) is 3.02. The van der Waals surface area contributed by atoms with Gasteiger partial charge in [0.15, 0.2) is 0 Å². The minimum atomic E-state index is 0.475. The molecule has 112 valence electrons. The lowest BCUT2D eigenvalue weighted by molar-refractivity contribution is 0.0905. The molecule has 0 aliphatic carbocycles. The van der Waals surface area contributed by atoms with Gasteiger partial charge in [-0.1, -0.05) is 12.1 Å². The van der Waals surface area contributed by atoms with E-state index in [0.29, 0.717) is 6.04 Å². The Balaban J connectivity index is 1.69. The molecule has 1 aromatic carbocycles. The summed E-state index contributed by atoms with van der Waals surface area (Å²) in [5.41, 5.74) is 4.11. The number of aromatic nitrogens is 3. The van der Waals surface area contributed by atoms with Crippen LogP contribution in [0.25, 0.3) is 22.3 Å². The number of fused-ring (bicyclic) bond motifs is 1. The Morgan fingerprint density at radius 1 is 1.18 bits per heavy atom. The molecule has 2 N–H and O–H groups in total. The van der Waals surface area contributed by atoms with Crippen LogP contribution >= 0.6 is 0 Å². The first-order valence-corrected chi connectivity index (χ1v) is 7.62. The van der Waals surface area contributed by atoms with Crippen LogP contribution in [0.3, 0.4) is 0 Å². The first-order valence-electron chi connectivity index (χ1n) is 7.62. The number of hydrogen-bond donors (Lipinski definition) is 2. The normalized spacial score (nSPS) is 16.0. The van der Waals surface area contributed by atoms with Gasteiger partial charge in [0.25, 0.3) is 0 Å². The SMILES string of the molecule is c1cc(NC2CCOCC2)c2[nH]c(-c3cnccn3)cc2c1. The summed E-state index contributed by atoms with van der Waals surface area (Å²) in [4.78, 5) is 12.0. The molecule has 0 amide bonds. The molecule has 5 heteroatoms. The number of hydrogen-bond acceptors (Lipinski definition) is 4. The molecule has 2 aromatic heterocycles. The van der Waals surface area contributed by atoms with Gasteiger partial charge in [-0.05, 0) is 25.0 Å². The lowest BCUT2D eigenvalue weighted by Gasteiger charge is -2.24. The van der Waals surface area contributed by atoms with Crippen molar-refractivity contribution in [2.75, 3.05) is 18.5 Å². The maximum Gasteiger partial charge on any atom is 0.105 e. The van der Waals surface area contributed by atoms with Gasteiger partial charge in [-0.3, -0.25) is 9.97 Å². The Morgan fingerprint density at radius 3 is 2.91 bits per heavy atom. The maximum atomic E-state index is 5.42. The predicted octanol–water partition coefficient (Wildman–Crippen LogP) is 3.22. The summed E-state index contributed by atoms with van der Waals surface area (Å²) in [5.74, 6) is 0. The Hall–Kier alpha value is -2.40. The number of nitrogens with one attached hydrogen (secondary N) is 2. The molecule has 3 heterocycles. The molecule has 0 saturated carbocycles. The van der Waals surface area contributed by atoms with Crippen molar-refractivity contribution in [1.82, 2.24) is 15.0 Å². The highest BCUT2D eigenvalue weighted by Crippen LogP contribution is 2.28. The molecule has 5 nitrogen and oxygen atoms in total. The first kappa shape index (κ1) is 13.3. The highest BCUT2D eigenvalue weighted by molar-refractivity contribution is 5.94. The van der Waals surface area contributed by atoms with Gasteiger partial charge in [-0.2, -0.15) is 0 Å². The summed E-state index contributed by atoms with van der Waals surface area (Å²) in [5, 5.41) is 4.82. The molecule has 0 spiro atoms. The third kappa shape index (κ3) is 2.55. The standard InChI is InChI=1S/C17H18N4O/c1-2-12-10-15(16-11-18-6-7-19-16)21-17(12)14(3-1)20-13-4-8-22-9-5-13/h1-3,6-7,10-11,13,20-21H,4-5,8-9H2. The molecular formula is C17H18N4O. The lowest BCUT2D eigenvalue weighted by atomic mass is 10.1. The summed E-state index contributed by atoms with van der Waals surface area (Å²) in [6.45, 7) is 1.67. The lowest BCUT2D eigenvalue weighted by Crippen LogP contribution is -2.27. The first-order chi connectivity index (χ1) is 10.9. The summed E-state index contributed by atoms with van der Waals surface area (Å²) in [7, 11) is 0. The second-order valence-corrected chi connectivity index (χ2v) is 5.57. The van der Waals surface area contributed by atoms with Crippen molar-refractivity contribution in [2.24, 2.45) is 0 Å². The third-order valence-electron chi connectivity index (χ3n) is 4.08. The molecule has 1 aliphatic heterocycles. The van der Waals surface area contributed by atoms with E-state index in [2.05, 4.69) is 44.5 Å². The largest absolute Gasteiger partial charge is 0.381 e. The summed E-state index contributed by atoms with van der Waals surface area (Å²) < 4.78 is 5.42. The topological polar surface area (TPSA) is 62.8 Å². The number of nitrogens with zero attached hydrogens (tertiary/aromatic N) is 2. The fourth-order valence-corrected chi connectivity index (χ4v) is 2.91. The monoisotopic (exact) mass is 294 g/mol. The smallest absolute Gasteiger partial charge is 0.105 e. The number of rotatable bonds is 3. The zero-order chi connectivity index (χ0) is 14.8. The number of aromatic amines is 1. The van der Waals surface area contributed by atoms with Crippen molar-refractivity contribution in [3.63, 3.8) is 0 Å². The molecule has 1 saturated heterocycles. The second kappa shape index (κ2) is 5.77. The van der Waals surface area contributed by atoms with Crippen LogP contribution in [0, 0.1) is 0 Å². The predicted molar refractivity (Wildman–Crippen MR) is 86.8 cm³/mol. The molecule has 3 aromatic rings. The van der Waals surface area contributed by atoms with Crippen LogP contribution in [0.4, 0.5) is 5.69 Å². The van der Waals surface area contributed by atoms with E-state index in [1.807, 2.05) is 0 Å². The van der Waals surface area contributed by atoms with E-state index >= 15 is 0 Å². The van der Waals surface area contributed by atoms with E-state index in [4.69, 9.17) is 4.74 Å². The summed E-state index contributed by atoms with van der Waals surface area (Å²) in [6.07, 6.45) is 7.27. The molecule has 1 fully saturated rings. The number of para-hydroxylation sites is 1. The van der Waals surface area contributed by atoms with Crippen molar-refractivity contribution < 1.29 is 4.74 Å². The second-order valence-electron chi connectivity index (χ2n) is 5.57. The fraction of sp³-hybridized carbons (Fsp3) is 0.294. The number of benzene rings is 1. The van der Waals surface area contributed by atoms with Gasteiger partial charge in [0.1, 0.15) is 5.69 Å². The van der Waals surface area contributed by atoms with E-state index < -0.39 is 0 Å². The average molecular weight is 294 g/mol. The van der Waals surface area contributed by atoms with E-state index in [1.54, 1.807) is 18.6 Å². The highest BCUT2D eigenvalue weighted by atomic mass is 16.5. The van der Waals surface area contributed by atoms with Crippen molar-refractivity contribution in [3.8, 4) is 11.4 Å². The third-order valence-corrected chi connectivity index (χ3v) is 4.08. The fourth-order valence-electron chi connectivity index (χ4n) is 2.91. The van der Waals surface area contributed by atoms with Crippen LogP contribution in [0.1, 0.15) is 12.8 Å². The zero-order valence-electron chi connectivity index (χ0n) is 12.2. The number of ether oxygens (including phenoxy) is 1. The van der Waals surface area contributed by atoms with Gasteiger partial charge in [0.2, 0.25) is 0 Å². The minimum absolute atomic E-state index is 0.475. The quantitative estimate of drug-likeness (QED) is 0.778. The molecular weight excluding hydrogens is 276 g/mol. The number of H-pyrrole nitrogens is 1. The molecule has 0 radical (unpaired) electrons. The Kier molecular flexibility index (Phi) is 3.48. The van der Waals surface area contributed by atoms with E-state index in [0.717, 1.165) is 48.6 Å². The van der Waals surface area contributed by atoms with Crippen molar-refractivity contribution >= 4 is 16.6 Å². The van der Waals surface area contributed by atoms with Gasteiger partial charge in [-0.25, -0.2) is 0 Å². The van der Waals surface area contributed by atoms with Crippen LogP contribution in [-0.2, 0) is 4.74 Å². The maximum absolute atomic E-state index is 5.42. The Morgan fingerprint density at radius 2 is 2.09 bits per heavy atom. The van der Waals surface area contributed by atoms with Crippen molar-refractivity contribution in [3.05, 3.63) is 42.9 Å². The van der Waals surface area contributed by atoms with E-state index in [9.17, 15) is 0 Å². The Labute approximate surface area is 128 Å². The van der Waals surface area contributed by atoms with Crippen molar-refractivity contribution in [2.45, 2.75) is 18.9 Å².